The van der Waals surface area contributed by atoms with Gasteiger partial charge in [-0.2, -0.15) is 6.07 Å². The van der Waals surface area contributed by atoms with Crippen molar-refractivity contribution in [3.05, 3.63) is 23.8 Å². The van der Waals surface area contributed by atoms with Gasteiger partial charge < -0.3 is 14.2 Å². The van der Waals surface area contributed by atoms with Crippen LogP contribution in [0.3, 0.4) is 0 Å². The molecular weight excluding hydrogens is 232 g/mol. The van der Waals surface area contributed by atoms with Crippen molar-refractivity contribution < 1.29 is 31.3 Å². The van der Waals surface area contributed by atoms with Gasteiger partial charge in [-0.3, -0.25) is 0 Å². The molecule has 0 saturated carbocycles. The summed E-state index contributed by atoms with van der Waals surface area (Å²) < 4.78 is 15.2. The SMILES string of the molecule is COCc1[c-]cc(OC)c(OC)c1.[Cu+]. The van der Waals surface area contributed by atoms with Crippen LogP contribution in [0.25, 0.3) is 0 Å². The number of ether oxygens (including phenoxy) is 3. The van der Waals surface area contributed by atoms with E-state index in [-0.39, 0.29) is 17.1 Å². The van der Waals surface area contributed by atoms with Gasteiger partial charge in [-0.05, 0) is 0 Å². The zero-order chi connectivity index (χ0) is 9.68. The normalized spacial score (nSPS) is 9.07. The fourth-order valence-corrected chi connectivity index (χ4v) is 1.06. The Morgan fingerprint density at radius 3 is 2.29 bits per heavy atom. The maximum absolute atomic E-state index is 5.12. The minimum Gasteiger partial charge on any atom is -0.551 e. The Kier molecular flexibility index (Phi) is 6.37. The molecule has 4 heteroatoms. The Balaban J connectivity index is 0.00000169. The molecule has 0 aliphatic carbocycles. The predicted octanol–water partition coefficient (Wildman–Crippen LogP) is 1.65. The van der Waals surface area contributed by atoms with E-state index < -0.39 is 0 Å². The van der Waals surface area contributed by atoms with Gasteiger partial charge in [0, 0.05) is 19.5 Å². The molecule has 0 heterocycles. The zero-order valence-electron chi connectivity index (χ0n) is 8.39. The molecule has 1 rings (SSSR count). The van der Waals surface area contributed by atoms with Crippen LogP contribution in [0.15, 0.2) is 12.1 Å². The van der Waals surface area contributed by atoms with Gasteiger partial charge in [-0.25, -0.2) is 0 Å². The van der Waals surface area contributed by atoms with Crippen LogP contribution in [0, 0.1) is 6.07 Å². The molecule has 82 valence electrons. The minimum atomic E-state index is 0. The summed E-state index contributed by atoms with van der Waals surface area (Å²) in [7, 11) is 4.85. The Hall–Kier alpha value is -0.701. The predicted molar refractivity (Wildman–Crippen MR) is 49.1 cm³/mol. The minimum absolute atomic E-state index is 0. The average molecular weight is 245 g/mol. The number of benzene rings is 1. The van der Waals surface area contributed by atoms with Crippen molar-refractivity contribution in [1.29, 1.82) is 0 Å². The van der Waals surface area contributed by atoms with Gasteiger partial charge >= 0.3 is 17.1 Å². The van der Waals surface area contributed by atoms with Crippen LogP contribution in [0.5, 0.6) is 11.5 Å². The maximum atomic E-state index is 5.12. The van der Waals surface area contributed by atoms with Crippen LogP contribution in [0.2, 0.25) is 0 Å². The molecule has 0 radical (unpaired) electrons. The smallest absolute Gasteiger partial charge is 0.551 e. The Bertz CT molecular complexity index is 276. The summed E-state index contributed by atoms with van der Waals surface area (Å²) in [6.45, 7) is 0.528. The second-order valence-corrected chi connectivity index (χ2v) is 2.53. The third-order valence-corrected chi connectivity index (χ3v) is 1.68. The fraction of sp³-hybridized carbons (Fsp3) is 0.400. The van der Waals surface area contributed by atoms with Gasteiger partial charge in [0.05, 0.1) is 20.0 Å². The van der Waals surface area contributed by atoms with Crippen LogP contribution < -0.4 is 9.47 Å². The molecule has 0 bridgehead atoms. The summed E-state index contributed by atoms with van der Waals surface area (Å²) >= 11 is 0. The number of hydrogen-bond acceptors (Lipinski definition) is 3. The first kappa shape index (κ1) is 13.3. The standard InChI is InChI=1S/C10H13O3.Cu/c1-11-7-8-4-5-9(12-2)10(6-8)13-3;/h5-6H,7H2,1-3H3;/q-1;+1. The molecule has 0 fully saturated rings. The quantitative estimate of drug-likeness (QED) is 0.596. The van der Waals surface area contributed by atoms with E-state index in [0.29, 0.717) is 18.1 Å². The largest absolute Gasteiger partial charge is 1.00 e. The van der Waals surface area contributed by atoms with E-state index in [2.05, 4.69) is 6.07 Å². The van der Waals surface area contributed by atoms with E-state index in [9.17, 15) is 0 Å². The van der Waals surface area contributed by atoms with E-state index in [1.165, 1.54) is 0 Å². The number of methoxy groups -OCH3 is 3. The van der Waals surface area contributed by atoms with Gasteiger partial charge in [-0.15, -0.1) is 17.7 Å². The summed E-state index contributed by atoms with van der Waals surface area (Å²) in [6, 6.07) is 6.63. The van der Waals surface area contributed by atoms with Gasteiger partial charge in [0.2, 0.25) is 0 Å². The first-order valence-electron chi connectivity index (χ1n) is 3.93. The van der Waals surface area contributed by atoms with Crippen LogP contribution in [0.1, 0.15) is 5.56 Å². The van der Waals surface area contributed by atoms with Crippen molar-refractivity contribution in [1.82, 2.24) is 0 Å². The molecule has 3 nitrogen and oxygen atoms in total. The molecule has 0 aliphatic rings. The van der Waals surface area contributed by atoms with Gasteiger partial charge in [0.25, 0.3) is 0 Å². The molecule has 0 saturated heterocycles. The second kappa shape index (κ2) is 6.71. The van der Waals surface area contributed by atoms with Crippen LogP contribution in [-0.4, -0.2) is 21.3 Å². The van der Waals surface area contributed by atoms with E-state index in [0.717, 1.165) is 5.56 Å². The molecule has 0 spiro atoms. The van der Waals surface area contributed by atoms with Crippen molar-refractivity contribution in [2.24, 2.45) is 0 Å². The van der Waals surface area contributed by atoms with Gasteiger partial charge in [0.1, 0.15) is 0 Å². The number of rotatable bonds is 4. The monoisotopic (exact) mass is 244 g/mol. The van der Waals surface area contributed by atoms with E-state index >= 15 is 0 Å². The van der Waals surface area contributed by atoms with Gasteiger partial charge in [-0.1, -0.05) is 0 Å². The van der Waals surface area contributed by atoms with Crippen LogP contribution in [-0.2, 0) is 28.4 Å². The Morgan fingerprint density at radius 1 is 1.14 bits per heavy atom. The van der Waals surface area contributed by atoms with Crippen LogP contribution in [0.4, 0.5) is 0 Å². The first-order chi connectivity index (χ1) is 6.31. The number of hydrogen-bond donors (Lipinski definition) is 0. The molecule has 14 heavy (non-hydrogen) atoms. The van der Waals surface area contributed by atoms with Gasteiger partial charge in [0.15, 0.2) is 0 Å². The van der Waals surface area contributed by atoms with Crippen molar-refractivity contribution in [2.75, 3.05) is 21.3 Å². The fourth-order valence-electron chi connectivity index (χ4n) is 1.06. The molecule has 1 aromatic carbocycles. The first-order valence-corrected chi connectivity index (χ1v) is 3.93. The van der Waals surface area contributed by atoms with E-state index in [4.69, 9.17) is 14.2 Å². The maximum Gasteiger partial charge on any atom is 1.00 e. The molecule has 1 aromatic rings. The van der Waals surface area contributed by atoms with Crippen LogP contribution >= 0.6 is 0 Å². The molecule has 0 amide bonds. The molecule has 0 unspecified atom stereocenters. The third-order valence-electron chi connectivity index (χ3n) is 1.68. The molecular formula is C10H13CuO3. The molecule has 0 atom stereocenters. The Labute approximate surface area is 94.8 Å². The summed E-state index contributed by atoms with van der Waals surface area (Å²) in [6.07, 6.45) is 0. The third kappa shape index (κ3) is 3.22. The molecule has 0 aliphatic heterocycles. The Morgan fingerprint density at radius 2 is 1.79 bits per heavy atom. The summed E-state index contributed by atoms with van der Waals surface area (Å²) in [5.41, 5.74) is 0.945. The zero-order valence-corrected chi connectivity index (χ0v) is 9.33. The van der Waals surface area contributed by atoms with E-state index in [1.807, 2.05) is 6.07 Å². The second-order valence-electron chi connectivity index (χ2n) is 2.53. The topological polar surface area (TPSA) is 27.7 Å². The molecule has 0 N–H and O–H groups in total. The van der Waals surface area contributed by atoms with E-state index in [1.54, 1.807) is 27.4 Å². The average Bonchev–Trinajstić information content (AvgIpc) is 2.18. The summed E-state index contributed by atoms with van der Waals surface area (Å²) in [4.78, 5) is 0. The molecule has 0 aromatic heterocycles. The summed E-state index contributed by atoms with van der Waals surface area (Å²) in [5.74, 6) is 1.38. The van der Waals surface area contributed by atoms with Crippen molar-refractivity contribution in [2.45, 2.75) is 6.61 Å². The van der Waals surface area contributed by atoms with Crippen molar-refractivity contribution in [3.63, 3.8) is 0 Å². The summed E-state index contributed by atoms with van der Waals surface area (Å²) in [5, 5.41) is 0. The van der Waals surface area contributed by atoms with Crippen molar-refractivity contribution >= 4 is 0 Å². The van der Waals surface area contributed by atoms with Crippen molar-refractivity contribution in [3.8, 4) is 11.5 Å².